The molecule has 1 heterocycles. The molecule has 0 aromatic heterocycles. The molecule has 1 aromatic carbocycles. The zero-order valence-corrected chi connectivity index (χ0v) is 11.7. The number of hydrogen-bond acceptors (Lipinski definition) is 3. The van der Waals surface area contributed by atoms with Crippen LogP contribution in [0.15, 0.2) is 18.2 Å². The van der Waals surface area contributed by atoms with Crippen molar-refractivity contribution in [1.82, 2.24) is 4.90 Å². The molecular weight excluding hydrogens is 254 g/mol. The second-order valence-electron chi connectivity index (χ2n) is 4.77. The van der Waals surface area contributed by atoms with Gasteiger partial charge in [0.05, 0.1) is 12.2 Å². The van der Waals surface area contributed by atoms with Gasteiger partial charge in [-0.1, -0.05) is 17.9 Å². The highest BCUT2D eigenvalue weighted by Crippen LogP contribution is 2.14. The van der Waals surface area contributed by atoms with Gasteiger partial charge in [-0.2, -0.15) is 0 Å². The van der Waals surface area contributed by atoms with Crippen LogP contribution >= 0.6 is 0 Å². The van der Waals surface area contributed by atoms with E-state index in [1.54, 1.807) is 0 Å². The first-order chi connectivity index (χ1) is 9.72. The summed E-state index contributed by atoms with van der Waals surface area (Å²) in [5, 5.41) is 8.83. The van der Waals surface area contributed by atoms with Crippen molar-refractivity contribution in [2.24, 2.45) is 0 Å². The third-order valence-corrected chi connectivity index (χ3v) is 3.22. The largest absolute Gasteiger partial charge is 0.384 e. The topological polar surface area (TPSA) is 49.8 Å². The molecule has 1 amide bonds. The predicted molar refractivity (Wildman–Crippen MR) is 76.5 cm³/mol. The Morgan fingerprint density at radius 1 is 1.40 bits per heavy atom. The first kappa shape index (κ1) is 14.6. The Bertz CT molecular complexity index is 534. The summed E-state index contributed by atoms with van der Waals surface area (Å²) in [4.78, 5) is 14.4. The van der Waals surface area contributed by atoms with E-state index in [0.29, 0.717) is 37.4 Å². The quantitative estimate of drug-likeness (QED) is 0.782. The van der Waals surface area contributed by atoms with E-state index in [9.17, 15) is 4.79 Å². The summed E-state index contributed by atoms with van der Waals surface area (Å²) in [7, 11) is 0. The number of hydrogen-bond donors (Lipinski definition) is 1. The molecule has 2 rings (SSSR count). The molecule has 4 nitrogen and oxygen atoms in total. The van der Waals surface area contributed by atoms with Crippen molar-refractivity contribution in [2.75, 3.05) is 32.9 Å². The molecule has 1 N–H and O–H groups in total. The summed E-state index contributed by atoms with van der Waals surface area (Å²) < 4.78 is 5.37. The molecule has 20 heavy (non-hydrogen) atoms. The Labute approximate surface area is 119 Å². The molecule has 1 aliphatic heterocycles. The molecule has 0 spiro atoms. The van der Waals surface area contributed by atoms with E-state index in [1.165, 1.54) is 0 Å². The number of carbonyl (C=O) groups is 1. The maximum atomic E-state index is 12.6. The van der Waals surface area contributed by atoms with Crippen molar-refractivity contribution in [3.05, 3.63) is 34.9 Å². The highest BCUT2D eigenvalue weighted by atomic mass is 16.5. The van der Waals surface area contributed by atoms with E-state index in [0.717, 1.165) is 12.0 Å². The molecule has 0 atom stereocenters. The second-order valence-corrected chi connectivity index (χ2v) is 4.77. The number of aliphatic hydroxyl groups is 1. The van der Waals surface area contributed by atoms with Crippen LogP contribution in [0.1, 0.15) is 27.9 Å². The summed E-state index contributed by atoms with van der Waals surface area (Å²) in [6, 6.07) is 5.60. The Morgan fingerprint density at radius 2 is 2.25 bits per heavy atom. The van der Waals surface area contributed by atoms with Gasteiger partial charge in [-0.25, -0.2) is 0 Å². The second kappa shape index (κ2) is 7.09. The van der Waals surface area contributed by atoms with Crippen LogP contribution in [0.3, 0.4) is 0 Å². The van der Waals surface area contributed by atoms with Gasteiger partial charge in [-0.15, -0.1) is 0 Å². The molecule has 1 fully saturated rings. The fourth-order valence-corrected chi connectivity index (χ4v) is 2.20. The fraction of sp³-hybridized carbons (Fsp3) is 0.438. The number of carbonyl (C=O) groups excluding carboxylic acids is 1. The van der Waals surface area contributed by atoms with Crippen LogP contribution in [0.4, 0.5) is 0 Å². The van der Waals surface area contributed by atoms with Crippen molar-refractivity contribution in [2.45, 2.75) is 13.3 Å². The molecular formula is C16H19NO3. The molecule has 106 valence electrons. The van der Waals surface area contributed by atoms with Crippen LogP contribution in [0, 0.1) is 18.8 Å². The van der Waals surface area contributed by atoms with Crippen LogP contribution in [0.5, 0.6) is 0 Å². The zero-order chi connectivity index (χ0) is 14.4. The van der Waals surface area contributed by atoms with Gasteiger partial charge in [0.1, 0.15) is 6.61 Å². The van der Waals surface area contributed by atoms with Crippen LogP contribution in [0.25, 0.3) is 0 Å². The lowest BCUT2D eigenvalue weighted by molar-refractivity contribution is 0.0741. The van der Waals surface area contributed by atoms with Gasteiger partial charge in [0, 0.05) is 25.3 Å². The maximum Gasteiger partial charge on any atom is 0.255 e. The maximum absolute atomic E-state index is 12.6. The van der Waals surface area contributed by atoms with Crippen molar-refractivity contribution in [3.63, 3.8) is 0 Å². The molecule has 0 saturated carbocycles. The van der Waals surface area contributed by atoms with E-state index < -0.39 is 0 Å². The number of amides is 1. The van der Waals surface area contributed by atoms with Gasteiger partial charge in [0.15, 0.2) is 0 Å². The van der Waals surface area contributed by atoms with Gasteiger partial charge < -0.3 is 14.7 Å². The van der Waals surface area contributed by atoms with Crippen LogP contribution in [-0.2, 0) is 4.74 Å². The van der Waals surface area contributed by atoms with Crippen LogP contribution < -0.4 is 0 Å². The Morgan fingerprint density at radius 3 is 3.05 bits per heavy atom. The van der Waals surface area contributed by atoms with Crippen molar-refractivity contribution in [1.29, 1.82) is 0 Å². The van der Waals surface area contributed by atoms with Gasteiger partial charge in [0.2, 0.25) is 0 Å². The van der Waals surface area contributed by atoms with Crippen molar-refractivity contribution >= 4 is 5.91 Å². The summed E-state index contributed by atoms with van der Waals surface area (Å²) in [6.45, 7) is 4.35. The van der Waals surface area contributed by atoms with Crippen LogP contribution in [0.2, 0.25) is 0 Å². The zero-order valence-electron chi connectivity index (χ0n) is 11.7. The lowest BCUT2D eigenvalue weighted by Gasteiger charge is -2.20. The van der Waals surface area contributed by atoms with Gasteiger partial charge in [-0.05, 0) is 31.0 Å². The lowest BCUT2D eigenvalue weighted by Crippen LogP contribution is -2.33. The highest BCUT2D eigenvalue weighted by molar-refractivity contribution is 5.96. The smallest absolute Gasteiger partial charge is 0.255 e. The monoisotopic (exact) mass is 273 g/mol. The summed E-state index contributed by atoms with van der Waals surface area (Å²) >= 11 is 0. The third-order valence-electron chi connectivity index (χ3n) is 3.22. The minimum atomic E-state index is -0.209. The lowest BCUT2D eigenvalue weighted by atomic mass is 10.0. The number of ether oxygens (including phenoxy) is 1. The first-order valence-corrected chi connectivity index (χ1v) is 6.80. The first-order valence-electron chi connectivity index (χ1n) is 6.80. The predicted octanol–water partition coefficient (Wildman–Crippen LogP) is 1.20. The highest BCUT2D eigenvalue weighted by Gasteiger charge is 2.19. The number of nitrogens with zero attached hydrogens (tertiary/aromatic N) is 1. The average Bonchev–Trinajstić information content (AvgIpc) is 2.73. The molecule has 1 saturated heterocycles. The molecule has 0 unspecified atom stereocenters. The number of benzene rings is 1. The summed E-state index contributed by atoms with van der Waals surface area (Å²) in [5.41, 5.74) is 2.32. The standard InChI is InChI=1S/C16H19NO3/c1-13-5-6-15(14(12-13)4-2-9-18)16(19)17-7-3-10-20-11-8-17/h5-6,12,18H,3,7-11H2,1H3. The van der Waals surface area contributed by atoms with Gasteiger partial charge in [-0.3, -0.25) is 4.79 Å². The van der Waals surface area contributed by atoms with Crippen LogP contribution in [-0.4, -0.2) is 48.8 Å². The van der Waals surface area contributed by atoms with Crippen molar-refractivity contribution < 1.29 is 14.6 Å². The summed E-state index contributed by atoms with van der Waals surface area (Å²) in [6.07, 6.45) is 0.856. The van der Waals surface area contributed by atoms with E-state index in [-0.39, 0.29) is 12.5 Å². The fourth-order valence-electron chi connectivity index (χ4n) is 2.20. The number of aliphatic hydroxyl groups excluding tert-OH is 1. The molecule has 0 bridgehead atoms. The van der Waals surface area contributed by atoms with E-state index in [2.05, 4.69) is 11.8 Å². The molecule has 0 radical (unpaired) electrons. The number of rotatable bonds is 1. The van der Waals surface area contributed by atoms with Gasteiger partial charge >= 0.3 is 0 Å². The normalized spacial score (nSPS) is 15.2. The Kier molecular flexibility index (Phi) is 5.16. The van der Waals surface area contributed by atoms with E-state index >= 15 is 0 Å². The molecule has 4 heteroatoms. The third kappa shape index (κ3) is 3.60. The number of aryl methyl sites for hydroxylation is 1. The average molecular weight is 273 g/mol. The van der Waals surface area contributed by atoms with E-state index in [4.69, 9.17) is 9.84 Å². The minimum absolute atomic E-state index is 0.0160. The summed E-state index contributed by atoms with van der Waals surface area (Å²) in [5.74, 6) is 5.46. The Balaban J connectivity index is 2.28. The minimum Gasteiger partial charge on any atom is -0.384 e. The van der Waals surface area contributed by atoms with E-state index in [1.807, 2.05) is 30.0 Å². The molecule has 1 aliphatic rings. The van der Waals surface area contributed by atoms with Gasteiger partial charge in [0.25, 0.3) is 5.91 Å². The molecule has 0 aliphatic carbocycles. The molecule has 1 aromatic rings. The SMILES string of the molecule is Cc1ccc(C(=O)N2CCCOCC2)c(C#CCO)c1. The van der Waals surface area contributed by atoms with Crippen molar-refractivity contribution in [3.8, 4) is 11.8 Å². The Hall–Kier alpha value is -1.83.